The van der Waals surface area contributed by atoms with Crippen molar-refractivity contribution in [2.75, 3.05) is 7.11 Å². The van der Waals surface area contributed by atoms with Gasteiger partial charge in [0.1, 0.15) is 6.61 Å². The fourth-order valence-corrected chi connectivity index (χ4v) is 2.63. The van der Waals surface area contributed by atoms with E-state index in [1.54, 1.807) is 10.7 Å². The predicted molar refractivity (Wildman–Crippen MR) is 83.4 cm³/mol. The molecule has 0 aliphatic carbocycles. The smallest absolute Gasteiger partial charge is 0.172 e. The van der Waals surface area contributed by atoms with Gasteiger partial charge in [-0.25, -0.2) is 0 Å². The summed E-state index contributed by atoms with van der Waals surface area (Å²) in [5.41, 5.74) is 2.07. The van der Waals surface area contributed by atoms with Crippen LogP contribution in [-0.4, -0.2) is 23.2 Å². The molecule has 1 aromatic carbocycles. The van der Waals surface area contributed by atoms with Gasteiger partial charge in [-0.3, -0.25) is 9.48 Å². The molecule has 2 aromatic rings. The number of aromatic nitrogens is 2. The summed E-state index contributed by atoms with van der Waals surface area (Å²) in [6.45, 7) is 2.14. The number of benzene rings is 1. The molecule has 1 aromatic heterocycles. The van der Waals surface area contributed by atoms with Crippen LogP contribution in [0.1, 0.15) is 21.7 Å². The van der Waals surface area contributed by atoms with Crippen LogP contribution in [0.2, 0.25) is 5.02 Å². The zero-order chi connectivity index (χ0) is 15.6. The zero-order valence-electron chi connectivity index (χ0n) is 11.8. The third kappa shape index (κ3) is 3.22. The number of halogens is 2. The highest BCUT2D eigenvalue weighted by atomic mass is 79.9. The lowest BCUT2D eigenvalue weighted by Gasteiger charge is -2.13. The Morgan fingerprint density at radius 2 is 2.19 bits per heavy atom. The van der Waals surface area contributed by atoms with Crippen LogP contribution in [0.15, 0.2) is 16.6 Å². The largest absolute Gasteiger partial charge is 0.493 e. The van der Waals surface area contributed by atoms with Gasteiger partial charge >= 0.3 is 0 Å². The maximum Gasteiger partial charge on any atom is 0.172 e. The number of nitrogens with zero attached hydrogens (tertiary/aromatic N) is 2. The van der Waals surface area contributed by atoms with Gasteiger partial charge in [0.2, 0.25) is 0 Å². The number of aldehydes is 1. The molecule has 7 heteroatoms. The van der Waals surface area contributed by atoms with Crippen molar-refractivity contribution in [3.63, 3.8) is 0 Å². The van der Waals surface area contributed by atoms with Gasteiger partial charge in [0.25, 0.3) is 0 Å². The molecule has 0 fully saturated rings. The fourth-order valence-electron chi connectivity index (χ4n) is 1.96. The van der Waals surface area contributed by atoms with Gasteiger partial charge in [0.05, 0.1) is 28.5 Å². The molecule has 5 nitrogen and oxygen atoms in total. The molecule has 0 saturated heterocycles. The lowest BCUT2D eigenvalue weighted by Crippen LogP contribution is -2.06. The Kier molecular flexibility index (Phi) is 4.90. The average Bonchev–Trinajstić information content (AvgIpc) is 2.70. The Morgan fingerprint density at radius 1 is 1.48 bits per heavy atom. The lowest BCUT2D eigenvalue weighted by molar-refractivity contribution is 0.111. The van der Waals surface area contributed by atoms with Crippen LogP contribution < -0.4 is 9.47 Å². The standard InChI is InChI=1S/C14H14BrClN2O3/c1-8-13(15)11(18(2)17-8)7-21-14-9(6-19)4-10(16)5-12(14)20-3/h4-6H,7H2,1-3H3. The SMILES string of the molecule is COc1cc(Cl)cc(C=O)c1OCc1c(Br)c(C)nn1C. The quantitative estimate of drug-likeness (QED) is 0.752. The Labute approximate surface area is 135 Å². The molecule has 0 aliphatic heterocycles. The maximum atomic E-state index is 11.2. The van der Waals surface area contributed by atoms with Crippen molar-refractivity contribution in [2.24, 2.45) is 7.05 Å². The van der Waals surface area contributed by atoms with E-state index in [9.17, 15) is 4.79 Å². The number of rotatable bonds is 5. The van der Waals surface area contributed by atoms with E-state index in [0.29, 0.717) is 28.4 Å². The topological polar surface area (TPSA) is 53.4 Å². The maximum absolute atomic E-state index is 11.2. The number of carbonyl (C=O) groups is 1. The zero-order valence-corrected chi connectivity index (χ0v) is 14.2. The van der Waals surface area contributed by atoms with Crippen LogP contribution in [0.4, 0.5) is 0 Å². The number of methoxy groups -OCH3 is 1. The van der Waals surface area contributed by atoms with Gasteiger partial charge in [-0.05, 0) is 28.9 Å². The number of carbonyl (C=O) groups excluding carboxylic acids is 1. The molecule has 0 saturated carbocycles. The van der Waals surface area contributed by atoms with Crippen molar-refractivity contribution in [1.29, 1.82) is 0 Å². The van der Waals surface area contributed by atoms with Gasteiger partial charge in [0.15, 0.2) is 17.8 Å². The summed E-state index contributed by atoms with van der Waals surface area (Å²) >= 11 is 9.41. The predicted octanol–water partition coefficient (Wildman–Crippen LogP) is 3.54. The van der Waals surface area contributed by atoms with Crippen molar-refractivity contribution in [2.45, 2.75) is 13.5 Å². The van der Waals surface area contributed by atoms with Crippen molar-refractivity contribution in [3.8, 4) is 11.5 Å². The third-order valence-corrected chi connectivity index (χ3v) is 4.26. The molecule has 0 bridgehead atoms. The summed E-state index contributed by atoms with van der Waals surface area (Å²) < 4.78 is 13.6. The third-order valence-electron chi connectivity index (χ3n) is 3.01. The summed E-state index contributed by atoms with van der Waals surface area (Å²) in [7, 11) is 3.33. The molecule has 0 spiro atoms. The van der Waals surface area contributed by atoms with Gasteiger partial charge in [0, 0.05) is 18.1 Å². The van der Waals surface area contributed by atoms with Crippen molar-refractivity contribution >= 4 is 33.8 Å². The molecular formula is C14H14BrClN2O3. The van der Waals surface area contributed by atoms with Crippen LogP contribution in [0.25, 0.3) is 0 Å². The average molecular weight is 374 g/mol. The minimum absolute atomic E-state index is 0.247. The second-order valence-corrected chi connectivity index (χ2v) is 5.63. The van der Waals surface area contributed by atoms with Crippen molar-refractivity contribution < 1.29 is 14.3 Å². The Hall–Kier alpha value is -1.53. The Bertz CT molecular complexity index is 685. The van der Waals surface area contributed by atoms with E-state index in [1.807, 2.05) is 14.0 Å². The van der Waals surface area contributed by atoms with Gasteiger partial charge < -0.3 is 9.47 Å². The van der Waals surface area contributed by atoms with Gasteiger partial charge in [-0.2, -0.15) is 5.10 Å². The van der Waals surface area contributed by atoms with Gasteiger partial charge in [-0.1, -0.05) is 11.6 Å². The Balaban J connectivity index is 2.33. The number of ether oxygens (including phenoxy) is 2. The first-order valence-corrected chi connectivity index (χ1v) is 7.28. The minimum atomic E-state index is 0.247. The normalized spacial score (nSPS) is 10.5. The number of hydrogen-bond acceptors (Lipinski definition) is 4. The van der Waals surface area contributed by atoms with Crippen LogP contribution in [0.3, 0.4) is 0 Å². The van der Waals surface area contributed by atoms with Crippen LogP contribution >= 0.6 is 27.5 Å². The molecule has 0 N–H and O–H groups in total. The lowest BCUT2D eigenvalue weighted by atomic mass is 10.2. The Morgan fingerprint density at radius 3 is 2.71 bits per heavy atom. The highest BCUT2D eigenvalue weighted by Gasteiger charge is 2.16. The van der Waals surface area contributed by atoms with Crippen molar-refractivity contribution in [1.82, 2.24) is 9.78 Å². The summed E-state index contributed by atoms with van der Waals surface area (Å²) in [6, 6.07) is 3.14. The molecule has 21 heavy (non-hydrogen) atoms. The summed E-state index contributed by atoms with van der Waals surface area (Å²) in [4.78, 5) is 11.2. The van der Waals surface area contributed by atoms with Crippen LogP contribution in [0.5, 0.6) is 11.5 Å². The summed E-state index contributed by atoms with van der Waals surface area (Å²) in [5, 5.41) is 4.71. The van der Waals surface area contributed by atoms with E-state index in [4.69, 9.17) is 21.1 Å². The first kappa shape index (κ1) is 15.9. The molecular weight excluding hydrogens is 360 g/mol. The monoisotopic (exact) mass is 372 g/mol. The van der Waals surface area contributed by atoms with Crippen molar-refractivity contribution in [3.05, 3.63) is 38.6 Å². The van der Waals surface area contributed by atoms with E-state index in [-0.39, 0.29) is 6.61 Å². The summed E-state index contributed by atoms with van der Waals surface area (Å²) in [6.07, 6.45) is 0.688. The molecule has 0 aliphatic rings. The second-order valence-electron chi connectivity index (χ2n) is 4.40. The fraction of sp³-hybridized carbons (Fsp3) is 0.286. The molecule has 0 unspecified atom stereocenters. The van der Waals surface area contributed by atoms with E-state index in [1.165, 1.54) is 13.2 Å². The van der Waals surface area contributed by atoms with E-state index < -0.39 is 0 Å². The first-order valence-electron chi connectivity index (χ1n) is 6.11. The molecule has 1 heterocycles. The van der Waals surface area contributed by atoms with E-state index in [0.717, 1.165) is 15.9 Å². The highest BCUT2D eigenvalue weighted by molar-refractivity contribution is 9.10. The first-order chi connectivity index (χ1) is 9.97. The molecule has 0 atom stereocenters. The molecule has 0 amide bonds. The highest BCUT2D eigenvalue weighted by Crippen LogP contribution is 2.35. The molecule has 112 valence electrons. The number of hydrogen-bond donors (Lipinski definition) is 0. The van der Waals surface area contributed by atoms with E-state index in [2.05, 4.69) is 21.0 Å². The minimum Gasteiger partial charge on any atom is -0.493 e. The number of aryl methyl sites for hydroxylation is 2. The van der Waals surface area contributed by atoms with Crippen LogP contribution in [-0.2, 0) is 13.7 Å². The van der Waals surface area contributed by atoms with Gasteiger partial charge in [-0.15, -0.1) is 0 Å². The summed E-state index contributed by atoms with van der Waals surface area (Å²) in [5.74, 6) is 0.780. The molecule has 0 radical (unpaired) electrons. The molecule has 2 rings (SSSR count). The van der Waals surface area contributed by atoms with E-state index >= 15 is 0 Å². The second kappa shape index (κ2) is 6.49. The van der Waals surface area contributed by atoms with Crippen LogP contribution in [0, 0.1) is 6.92 Å².